The number of hydrogen-bond donors (Lipinski definition) is 1. The lowest BCUT2D eigenvalue weighted by molar-refractivity contribution is -0.0348. The van der Waals surface area contributed by atoms with E-state index in [1.54, 1.807) is 7.11 Å². The smallest absolute Gasteiger partial charge is 0.407 e. The first-order chi connectivity index (χ1) is 15.3. The highest BCUT2D eigenvalue weighted by atomic mass is 16.6. The Bertz CT molecular complexity index is 1020. The Kier molecular flexibility index (Phi) is 5.40. The Balaban J connectivity index is 1.34. The van der Waals surface area contributed by atoms with Gasteiger partial charge in [-0.3, -0.25) is 4.90 Å². The van der Waals surface area contributed by atoms with Crippen molar-refractivity contribution in [3.8, 4) is 16.9 Å². The molecule has 0 spiro atoms. The number of nitrogens with zero attached hydrogens (tertiary/aromatic N) is 1. The number of alkyl carbamates (subject to hydrolysis) is 1. The van der Waals surface area contributed by atoms with E-state index in [1.807, 2.05) is 0 Å². The molecule has 2 bridgehead atoms. The number of methoxy groups -OCH3 is 1. The van der Waals surface area contributed by atoms with Crippen LogP contribution in [0.4, 0.5) is 4.79 Å². The number of rotatable bonds is 4. The van der Waals surface area contributed by atoms with Crippen molar-refractivity contribution in [2.75, 3.05) is 26.7 Å². The van der Waals surface area contributed by atoms with E-state index >= 15 is 0 Å². The first kappa shape index (κ1) is 21.3. The molecule has 0 aromatic heterocycles. The molecule has 2 atom stereocenters. The molecular formula is C27H34N2O3. The molecule has 2 aromatic carbocycles. The van der Waals surface area contributed by atoms with Crippen molar-refractivity contribution >= 4 is 6.09 Å². The number of ether oxygens (including phenoxy) is 2. The van der Waals surface area contributed by atoms with Crippen molar-refractivity contribution in [3.63, 3.8) is 0 Å². The number of aryl methyl sites for hydroxylation is 1. The Hall–Kier alpha value is -2.53. The van der Waals surface area contributed by atoms with Crippen LogP contribution in [-0.2, 0) is 11.2 Å². The topological polar surface area (TPSA) is 50.8 Å². The molecule has 6 rings (SSSR count). The van der Waals surface area contributed by atoms with Gasteiger partial charge in [-0.05, 0) is 84.5 Å². The molecular weight excluding hydrogens is 400 g/mol. The largest absolute Gasteiger partial charge is 0.496 e. The monoisotopic (exact) mass is 434 g/mol. The molecule has 2 aromatic rings. The van der Waals surface area contributed by atoms with Crippen LogP contribution < -0.4 is 10.1 Å². The lowest BCUT2D eigenvalue weighted by Crippen LogP contribution is -2.53. The third-order valence-corrected chi connectivity index (χ3v) is 7.74. The molecule has 1 N–H and O–H groups in total. The predicted molar refractivity (Wildman–Crippen MR) is 126 cm³/mol. The summed E-state index contributed by atoms with van der Waals surface area (Å²) in [5, 5.41) is 3.22. The van der Waals surface area contributed by atoms with E-state index in [9.17, 15) is 4.79 Å². The number of carbonyl (C=O) groups is 1. The summed E-state index contributed by atoms with van der Waals surface area (Å²) in [6.45, 7) is 9.67. The summed E-state index contributed by atoms with van der Waals surface area (Å²) in [5.74, 6) is 1.42. The highest BCUT2D eigenvalue weighted by Gasteiger charge is 2.42. The quantitative estimate of drug-likeness (QED) is 0.726. The summed E-state index contributed by atoms with van der Waals surface area (Å²) in [6.07, 6.45) is 2.96. The molecule has 3 saturated heterocycles. The van der Waals surface area contributed by atoms with Crippen molar-refractivity contribution < 1.29 is 14.3 Å². The van der Waals surface area contributed by atoms with Crippen molar-refractivity contribution in [2.45, 2.75) is 52.2 Å². The molecule has 3 heterocycles. The van der Waals surface area contributed by atoms with Crippen LogP contribution in [-0.4, -0.2) is 43.8 Å². The minimum absolute atomic E-state index is 0.0281. The van der Waals surface area contributed by atoms with E-state index in [2.05, 4.69) is 67.4 Å². The Labute approximate surface area is 191 Å². The zero-order valence-electron chi connectivity index (χ0n) is 19.6. The van der Waals surface area contributed by atoms with Crippen LogP contribution in [0, 0.1) is 18.3 Å². The summed E-state index contributed by atoms with van der Waals surface area (Å²) in [5.41, 5.74) is 5.87. The number of hydrogen-bond acceptors (Lipinski definition) is 4. The highest BCUT2D eigenvalue weighted by Crippen LogP contribution is 2.46. The maximum absolute atomic E-state index is 12.9. The Morgan fingerprint density at radius 2 is 1.81 bits per heavy atom. The van der Waals surface area contributed by atoms with Crippen molar-refractivity contribution in [1.29, 1.82) is 0 Å². The van der Waals surface area contributed by atoms with Crippen LogP contribution in [0.25, 0.3) is 11.1 Å². The number of nitrogens with one attached hydrogen (secondary N) is 1. The van der Waals surface area contributed by atoms with Gasteiger partial charge < -0.3 is 14.8 Å². The molecule has 32 heavy (non-hydrogen) atoms. The molecule has 1 aliphatic carbocycles. The summed E-state index contributed by atoms with van der Waals surface area (Å²) >= 11 is 0. The molecule has 0 radical (unpaired) electrons. The lowest BCUT2D eigenvalue weighted by Gasteiger charge is -2.44. The predicted octanol–water partition coefficient (Wildman–Crippen LogP) is 5.11. The third kappa shape index (κ3) is 3.88. The molecule has 4 aliphatic rings. The number of fused-ring (bicyclic) bond motifs is 4. The second-order valence-corrected chi connectivity index (χ2v) is 10.4. The fourth-order valence-electron chi connectivity index (χ4n) is 5.84. The van der Waals surface area contributed by atoms with E-state index in [-0.39, 0.29) is 23.7 Å². The summed E-state index contributed by atoms with van der Waals surface area (Å²) in [4.78, 5) is 15.3. The number of piperidine rings is 3. The zero-order valence-corrected chi connectivity index (χ0v) is 19.6. The summed E-state index contributed by atoms with van der Waals surface area (Å²) < 4.78 is 11.4. The van der Waals surface area contributed by atoms with E-state index < -0.39 is 0 Å². The molecule has 1 unspecified atom stereocenters. The van der Waals surface area contributed by atoms with Gasteiger partial charge in [-0.1, -0.05) is 44.2 Å². The van der Waals surface area contributed by atoms with Crippen LogP contribution in [0.1, 0.15) is 49.4 Å². The van der Waals surface area contributed by atoms with E-state index in [1.165, 1.54) is 16.7 Å². The summed E-state index contributed by atoms with van der Waals surface area (Å²) in [6, 6.07) is 12.9. The van der Waals surface area contributed by atoms with Gasteiger partial charge >= 0.3 is 6.09 Å². The highest BCUT2D eigenvalue weighted by molar-refractivity contribution is 5.71. The molecule has 3 fully saturated rings. The van der Waals surface area contributed by atoms with Crippen molar-refractivity contribution in [1.82, 2.24) is 10.2 Å². The van der Waals surface area contributed by atoms with Gasteiger partial charge in [0.2, 0.25) is 0 Å². The van der Waals surface area contributed by atoms with Gasteiger partial charge in [0, 0.05) is 6.54 Å². The molecule has 5 heteroatoms. The van der Waals surface area contributed by atoms with E-state index in [4.69, 9.17) is 9.47 Å². The number of amides is 1. The van der Waals surface area contributed by atoms with Crippen LogP contribution in [0.3, 0.4) is 0 Å². The normalized spacial score (nSPS) is 27.6. The minimum atomic E-state index is -0.276. The van der Waals surface area contributed by atoms with Gasteiger partial charge in [-0.2, -0.15) is 0 Å². The standard InChI is InChI=1S/C27H34N2O3/c1-17-5-6-20(14-23(17)31-4)19-7-8-22-21(13-19)15-27(2,3)25(22)28-26(30)32-24-16-29-11-9-18(24)10-12-29/h5-8,13-14,18,24-25H,9-12,15-16H2,1-4H3,(H,28,30)/t24-,25?/m1/s1. The second kappa shape index (κ2) is 8.11. The summed E-state index contributed by atoms with van der Waals surface area (Å²) in [7, 11) is 1.71. The van der Waals surface area contributed by atoms with E-state index in [0.717, 1.165) is 55.8 Å². The second-order valence-electron chi connectivity index (χ2n) is 10.4. The van der Waals surface area contributed by atoms with Crippen LogP contribution in [0.5, 0.6) is 5.75 Å². The van der Waals surface area contributed by atoms with Gasteiger partial charge in [0.05, 0.1) is 13.2 Å². The zero-order chi connectivity index (χ0) is 22.5. The van der Waals surface area contributed by atoms with E-state index in [0.29, 0.717) is 5.92 Å². The average molecular weight is 435 g/mol. The van der Waals surface area contributed by atoms with Gasteiger partial charge in [0.25, 0.3) is 0 Å². The Morgan fingerprint density at radius 1 is 1.09 bits per heavy atom. The van der Waals surface area contributed by atoms with Crippen LogP contribution in [0.2, 0.25) is 0 Å². The SMILES string of the molecule is COc1cc(-c2ccc3c(c2)CC(C)(C)C3NC(=O)O[C@@H]2CN3CCC2CC3)ccc1C. The third-order valence-electron chi connectivity index (χ3n) is 7.74. The maximum atomic E-state index is 12.9. The molecule has 5 nitrogen and oxygen atoms in total. The lowest BCUT2D eigenvalue weighted by atomic mass is 9.85. The average Bonchev–Trinajstić information content (AvgIpc) is 3.03. The van der Waals surface area contributed by atoms with Crippen LogP contribution >= 0.6 is 0 Å². The molecule has 0 saturated carbocycles. The molecule has 3 aliphatic heterocycles. The fourth-order valence-corrected chi connectivity index (χ4v) is 5.84. The van der Waals surface area contributed by atoms with Crippen LogP contribution in [0.15, 0.2) is 36.4 Å². The van der Waals surface area contributed by atoms with Crippen molar-refractivity contribution in [2.24, 2.45) is 11.3 Å². The van der Waals surface area contributed by atoms with Gasteiger partial charge in [-0.25, -0.2) is 4.79 Å². The maximum Gasteiger partial charge on any atom is 0.407 e. The van der Waals surface area contributed by atoms with Crippen molar-refractivity contribution in [3.05, 3.63) is 53.1 Å². The van der Waals surface area contributed by atoms with Gasteiger partial charge in [-0.15, -0.1) is 0 Å². The first-order valence-corrected chi connectivity index (χ1v) is 11.8. The van der Waals surface area contributed by atoms with Gasteiger partial charge in [0.15, 0.2) is 0 Å². The Morgan fingerprint density at radius 3 is 2.50 bits per heavy atom. The number of carbonyl (C=O) groups excluding carboxylic acids is 1. The fraction of sp³-hybridized carbons (Fsp3) is 0.519. The molecule has 1 amide bonds. The number of benzene rings is 2. The molecule has 170 valence electrons. The first-order valence-electron chi connectivity index (χ1n) is 11.8. The van der Waals surface area contributed by atoms with Gasteiger partial charge in [0.1, 0.15) is 11.9 Å². The minimum Gasteiger partial charge on any atom is -0.496 e.